The van der Waals surface area contributed by atoms with Crippen molar-refractivity contribution in [2.45, 2.75) is 174 Å². The standard InChI is InChI=1S/C38H75N2O6P/c1-6-8-10-12-14-15-16-17-18-19-20-21-22-23-24-26-28-30-32-38(42)39-36(37(41)31-29-27-25-13-11-9-7-2)35-46-47(43,44)45-34-33-40(3,4)5/h15-16,18-19,36-37,41H,6-14,17,20-35H2,1-5H3,(H-,39,42,43,44)/b16-15-,19-18-. The lowest BCUT2D eigenvalue weighted by Gasteiger charge is -2.30. The first-order valence-corrected chi connectivity index (χ1v) is 20.6. The summed E-state index contributed by atoms with van der Waals surface area (Å²) in [5.41, 5.74) is 0. The number of phosphoric acid groups is 1. The Labute approximate surface area is 290 Å². The molecule has 9 heteroatoms. The Kier molecular flexibility index (Phi) is 30.3. The molecule has 2 N–H and O–H groups in total. The third kappa shape index (κ3) is 33.3. The van der Waals surface area contributed by atoms with E-state index in [9.17, 15) is 19.4 Å². The summed E-state index contributed by atoms with van der Waals surface area (Å²) in [6, 6.07) is -0.799. The van der Waals surface area contributed by atoms with E-state index < -0.39 is 20.0 Å². The number of allylic oxidation sites excluding steroid dienone is 4. The maximum absolute atomic E-state index is 12.7. The molecule has 0 aromatic heterocycles. The third-order valence-electron chi connectivity index (χ3n) is 8.44. The van der Waals surface area contributed by atoms with Gasteiger partial charge in [-0.1, -0.05) is 134 Å². The van der Waals surface area contributed by atoms with Crippen molar-refractivity contribution in [2.24, 2.45) is 0 Å². The molecule has 278 valence electrons. The number of phosphoric ester groups is 1. The van der Waals surface area contributed by atoms with E-state index >= 15 is 0 Å². The van der Waals surface area contributed by atoms with Gasteiger partial charge in [0.1, 0.15) is 13.2 Å². The van der Waals surface area contributed by atoms with Crippen LogP contribution in [0.5, 0.6) is 0 Å². The maximum atomic E-state index is 12.7. The lowest BCUT2D eigenvalue weighted by Crippen LogP contribution is -2.46. The van der Waals surface area contributed by atoms with Gasteiger partial charge in [-0.3, -0.25) is 9.36 Å². The number of nitrogens with one attached hydrogen (secondary N) is 1. The van der Waals surface area contributed by atoms with Crippen LogP contribution < -0.4 is 10.2 Å². The van der Waals surface area contributed by atoms with Crippen LogP contribution in [0.3, 0.4) is 0 Å². The quantitative estimate of drug-likeness (QED) is 0.0303. The predicted octanol–water partition coefficient (Wildman–Crippen LogP) is 9.16. The minimum atomic E-state index is -4.55. The average Bonchev–Trinajstić information content (AvgIpc) is 3.01. The summed E-state index contributed by atoms with van der Waals surface area (Å²) >= 11 is 0. The highest BCUT2D eigenvalue weighted by Crippen LogP contribution is 2.38. The van der Waals surface area contributed by atoms with Crippen LogP contribution in [0.1, 0.15) is 162 Å². The summed E-state index contributed by atoms with van der Waals surface area (Å²) in [5.74, 6) is -0.179. The van der Waals surface area contributed by atoms with Crippen LogP contribution in [-0.4, -0.2) is 68.5 Å². The fourth-order valence-electron chi connectivity index (χ4n) is 5.30. The zero-order valence-electron chi connectivity index (χ0n) is 31.2. The number of aliphatic hydroxyl groups is 1. The predicted molar refractivity (Wildman–Crippen MR) is 196 cm³/mol. The average molecular weight is 687 g/mol. The van der Waals surface area contributed by atoms with E-state index in [1.807, 2.05) is 21.1 Å². The fraction of sp³-hybridized carbons (Fsp3) is 0.868. The molecule has 0 rings (SSSR count). The van der Waals surface area contributed by atoms with Gasteiger partial charge in [0.25, 0.3) is 7.82 Å². The van der Waals surface area contributed by atoms with Crippen molar-refractivity contribution < 1.29 is 32.9 Å². The molecule has 0 aliphatic carbocycles. The molecule has 1 amide bonds. The van der Waals surface area contributed by atoms with Gasteiger partial charge >= 0.3 is 0 Å². The number of hydrogen-bond acceptors (Lipinski definition) is 6. The van der Waals surface area contributed by atoms with E-state index in [4.69, 9.17) is 9.05 Å². The summed E-state index contributed by atoms with van der Waals surface area (Å²) in [6.45, 7) is 4.62. The van der Waals surface area contributed by atoms with Crippen LogP contribution in [-0.2, 0) is 18.4 Å². The van der Waals surface area contributed by atoms with E-state index in [0.29, 0.717) is 23.9 Å². The second kappa shape index (κ2) is 31.0. The van der Waals surface area contributed by atoms with Crippen LogP contribution in [0.4, 0.5) is 0 Å². The largest absolute Gasteiger partial charge is 0.756 e. The van der Waals surface area contributed by atoms with Gasteiger partial charge in [0, 0.05) is 6.42 Å². The van der Waals surface area contributed by atoms with Gasteiger partial charge in [0.15, 0.2) is 0 Å². The Hall–Kier alpha value is -1.02. The molecule has 47 heavy (non-hydrogen) atoms. The number of rotatable bonds is 34. The summed E-state index contributed by atoms with van der Waals surface area (Å²) in [7, 11) is 1.29. The molecule has 3 unspecified atom stereocenters. The van der Waals surface area contributed by atoms with Crippen LogP contribution in [0.15, 0.2) is 24.3 Å². The van der Waals surface area contributed by atoms with E-state index in [-0.39, 0.29) is 19.1 Å². The van der Waals surface area contributed by atoms with Crippen molar-refractivity contribution >= 4 is 13.7 Å². The normalized spacial score (nSPS) is 15.0. The SMILES string of the molecule is CCCCCC/C=C\C/C=C\CCCCCCCCCC(=O)NC(COP(=O)([O-])OCC[N+](C)(C)C)C(O)CCCCCCCCC. The molecule has 3 atom stereocenters. The molecular formula is C38H75N2O6P. The zero-order valence-corrected chi connectivity index (χ0v) is 32.1. The van der Waals surface area contributed by atoms with Crippen LogP contribution in [0.2, 0.25) is 0 Å². The third-order valence-corrected chi connectivity index (χ3v) is 9.41. The number of nitrogens with zero attached hydrogens (tertiary/aromatic N) is 1. The number of carbonyl (C=O) groups excluding carboxylic acids is 1. The molecule has 0 radical (unpaired) electrons. The molecule has 0 spiro atoms. The number of amides is 1. The highest BCUT2D eigenvalue weighted by molar-refractivity contribution is 7.45. The fourth-order valence-corrected chi connectivity index (χ4v) is 6.03. The first-order chi connectivity index (χ1) is 22.5. The van der Waals surface area contributed by atoms with Crippen molar-refractivity contribution in [3.63, 3.8) is 0 Å². The lowest BCUT2D eigenvalue weighted by atomic mass is 10.0. The molecule has 0 aromatic rings. The summed E-state index contributed by atoms with van der Waals surface area (Å²) < 4.78 is 23.1. The Morgan fingerprint density at radius 2 is 1.23 bits per heavy atom. The molecule has 0 fully saturated rings. The number of carbonyl (C=O) groups is 1. The van der Waals surface area contributed by atoms with Crippen molar-refractivity contribution in [3.8, 4) is 0 Å². The summed E-state index contributed by atoms with van der Waals surface area (Å²) in [6.07, 6.45) is 33.3. The van der Waals surface area contributed by atoms with Crippen molar-refractivity contribution in [1.82, 2.24) is 5.32 Å². The number of hydrogen-bond donors (Lipinski definition) is 2. The van der Waals surface area contributed by atoms with Gasteiger partial charge in [-0.05, 0) is 44.9 Å². The van der Waals surface area contributed by atoms with Crippen LogP contribution in [0, 0.1) is 0 Å². The van der Waals surface area contributed by atoms with Crippen LogP contribution in [0.25, 0.3) is 0 Å². The number of aliphatic hydroxyl groups excluding tert-OH is 1. The van der Waals surface area contributed by atoms with Gasteiger partial charge in [0.05, 0.1) is 39.9 Å². The van der Waals surface area contributed by atoms with Gasteiger partial charge in [0.2, 0.25) is 5.91 Å². The van der Waals surface area contributed by atoms with Crippen molar-refractivity contribution in [1.29, 1.82) is 0 Å². The first-order valence-electron chi connectivity index (χ1n) is 19.2. The molecule has 0 aromatic carbocycles. The second-order valence-electron chi connectivity index (χ2n) is 14.3. The Morgan fingerprint density at radius 3 is 1.79 bits per heavy atom. The molecule has 0 aliphatic heterocycles. The van der Waals surface area contributed by atoms with Gasteiger partial charge in [-0.15, -0.1) is 0 Å². The molecule has 0 heterocycles. The Bertz CT molecular complexity index is 829. The number of quaternary nitrogens is 1. The maximum Gasteiger partial charge on any atom is 0.268 e. The monoisotopic (exact) mass is 687 g/mol. The van der Waals surface area contributed by atoms with Gasteiger partial charge in [-0.2, -0.15) is 0 Å². The highest BCUT2D eigenvalue weighted by atomic mass is 31.2. The topological polar surface area (TPSA) is 108 Å². The summed E-state index contributed by atoms with van der Waals surface area (Å²) in [4.78, 5) is 25.1. The zero-order chi connectivity index (χ0) is 35.1. The Morgan fingerprint density at radius 1 is 0.745 bits per heavy atom. The number of unbranched alkanes of at least 4 members (excludes halogenated alkanes) is 17. The minimum Gasteiger partial charge on any atom is -0.756 e. The lowest BCUT2D eigenvalue weighted by molar-refractivity contribution is -0.870. The molecule has 0 saturated carbocycles. The smallest absolute Gasteiger partial charge is 0.268 e. The first kappa shape index (κ1) is 46.0. The second-order valence-corrected chi connectivity index (χ2v) is 15.7. The van der Waals surface area contributed by atoms with Crippen molar-refractivity contribution in [2.75, 3.05) is 40.9 Å². The van der Waals surface area contributed by atoms with E-state index in [1.165, 1.54) is 83.5 Å². The molecule has 8 nitrogen and oxygen atoms in total. The molecule has 0 saturated heterocycles. The molecule has 0 aliphatic rings. The minimum absolute atomic E-state index is 0.0100. The van der Waals surface area contributed by atoms with Gasteiger partial charge in [-0.25, -0.2) is 0 Å². The number of likely N-dealkylation sites (N-methyl/N-ethyl adjacent to an activating group) is 1. The van der Waals surface area contributed by atoms with Crippen LogP contribution >= 0.6 is 7.82 Å². The summed E-state index contributed by atoms with van der Waals surface area (Å²) in [5, 5.41) is 13.7. The molecular weight excluding hydrogens is 611 g/mol. The van der Waals surface area contributed by atoms with E-state index in [1.54, 1.807) is 0 Å². The van der Waals surface area contributed by atoms with E-state index in [0.717, 1.165) is 51.4 Å². The Balaban J connectivity index is 4.32. The highest BCUT2D eigenvalue weighted by Gasteiger charge is 2.24. The van der Waals surface area contributed by atoms with Crippen molar-refractivity contribution in [3.05, 3.63) is 24.3 Å². The van der Waals surface area contributed by atoms with E-state index in [2.05, 4.69) is 43.5 Å². The van der Waals surface area contributed by atoms with Gasteiger partial charge < -0.3 is 28.8 Å². The molecule has 0 bridgehead atoms.